The topological polar surface area (TPSA) is 91.6 Å². The van der Waals surface area contributed by atoms with Gasteiger partial charge in [-0.05, 0) is 30.3 Å². The van der Waals surface area contributed by atoms with Gasteiger partial charge in [0.1, 0.15) is 17.6 Å². The highest BCUT2D eigenvalue weighted by molar-refractivity contribution is 6.39. The van der Waals surface area contributed by atoms with E-state index in [9.17, 15) is 19.1 Å². The first-order valence-electron chi connectivity index (χ1n) is 6.22. The summed E-state index contributed by atoms with van der Waals surface area (Å²) in [6.07, 6.45) is 1.38. The van der Waals surface area contributed by atoms with Gasteiger partial charge in [-0.15, -0.1) is 0 Å². The Morgan fingerprint density at radius 1 is 1.32 bits per heavy atom. The highest BCUT2D eigenvalue weighted by atomic mass is 35.5. The molecule has 116 valence electrons. The Balaban J connectivity index is 1.99. The van der Waals surface area contributed by atoms with Gasteiger partial charge < -0.3 is 20.2 Å². The Kier molecular flexibility index (Phi) is 5.13. The number of benzene rings is 1. The molecule has 2 aromatic rings. The minimum atomic E-state index is -1.01. The summed E-state index contributed by atoms with van der Waals surface area (Å²) >= 11 is 5.52. The summed E-state index contributed by atoms with van der Waals surface area (Å²) < 4.78 is 18.3. The molecule has 1 heterocycles. The van der Waals surface area contributed by atoms with Crippen LogP contribution in [0.5, 0.6) is 0 Å². The summed E-state index contributed by atoms with van der Waals surface area (Å²) in [6, 6.07) is 5.88. The lowest BCUT2D eigenvalue weighted by Crippen LogP contribution is -2.38. The normalized spacial score (nSPS) is 11.8. The zero-order valence-corrected chi connectivity index (χ0v) is 11.9. The number of carbonyl (C=O) groups is 2. The van der Waals surface area contributed by atoms with Crippen LogP contribution < -0.4 is 10.6 Å². The number of amides is 2. The molecule has 2 rings (SSSR count). The Morgan fingerprint density at radius 3 is 2.68 bits per heavy atom. The lowest BCUT2D eigenvalue weighted by molar-refractivity contribution is -0.136. The van der Waals surface area contributed by atoms with E-state index in [1.54, 1.807) is 12.1 Å². The number of hydrogen-bond acceptors (Lipinski definition) is 4. The van der Waals surface area contributed by atoms with Crippen LogP contribution in [0.15, 0.2) is 41.0 Å². The third kappa shape index (κ3) is 3.84. The molecular weight excluding hydrogens is 315 g/mol. The summed E-state index contributed by atoms with van der Waals surface area (Å²) in [7, 11) is 0. The molecule has 3 N–H and O–H groups in total. The van der Waals surface area contributed by atoms with Gasteiger partial charge in [0.05, 0.1) is 17.9 Å². The standard InChI is InChI=1S/C14H12ClFN2O4/c15-9-4-3-8(6-10(9)16)17-13(20)14(21)18-11(7-19)12-2-1-5-22-12/h1-6,11,19H,7H2,(H,17,20)(H,18,21). The molecule has 8 heteroatoms. The van der Waals surface area contributed by atoms with Crippen LogP contribution in [0, 0.1) is 5.82 Å². The summed E-state index contributed by atoms with van der Waals surface area (Å²) in [6.45, 7) is -0.442. The molecule has 0 aliphatic heterocycles. The van der Waals surface area contributed by atoms with E-state index >= 15 is 0 Å². The highest BCUT2D eigenvalue weighted by Gasteiger charge is 2.21. The van der Waals surface area contributed by atoms with E-state index in [1.807, 2.05) is 0 Å². The second-order valence-electron chi connectivity index (χ2n) is 4.31. The van der Waals surface area contributed by atoms with E-state index in [2.05, 4.69) is 10.6 Å². The number of furan rings is 1. The Labute approximate surface area is 129 Å². The average molecular weight is 327 g/mol. The van der Waals surface area contributed by atoms with Gasteiger partial charge in [-0.2, -0.15) is 0 Å². The molecule has 0 saturated heterocycles. The molecule has 1 aromatic carbocycles. The van der Waals surface area contributed by atoms with Gasteiger partial charge in [0, 0.05) is 5.69 Å². The van der Waals surface area contributed by atoms with Gasteiger partial charge in [0.25, 0.3) is 0 Å². The molecule has 6 nitrogen and oxygen atoms in total. The van der Waals surface area contributed by atoms with Crippen LogP contribution in [0.4, 0.5) is 10.1 Å². The van der Waals surface area contributed by atoms with E-state index < -0.39 is 30.3 Å². The van der Waals surface area contributed by atoms with E-state index in [4.69, 9.17) is 16.0 Å². The molecule has 0 spiro atoms. The zero-order valence-electron chi connectivity index (χ0n) is 11.2. The number of aliphatic hydroxyl groups is 1. The van der Waals surface area contributed by atoms with E-state index in [0.29, 0.717) is 5.76 Å². The number of hydrogen-bond donors (Lipinski definition) is 3. The monoisotopic (exact) mass is 326 g/mol. The third-order valence-corrected chi connectivity index (χ3v) is 3.06. The van der Waals surface area contributed by atoms with E-state index in [1.165, 1.54) is 18.4 Å². The molecule has 1 aromatic heterocycles. The van der Waals surface area contributed by atoms with Crippen molar-refractivity contribution in [1.29, 1.82) is 0 Å². The molecule has 0 bridgehead atoms. The number of rotatable bonds is 4. The van der Waals surface area contributed by atoms with E-state index in [0.717, 1.165) is 6.07 Å². The van der Waals surface area contributed by atoms with Crippen molar-refractivity contribution in [3.05, 3.63) is 53.2 Å². The molecule has 0 aliphatic rings. The molecule has 0 saturated carbocycles. The fourth-order valence-electron chi connectivity index (χ4n) is 1.68. The summed E-state index contributed by atoms with van der Waals surface area (Å²) in [5.74, 6) is -2.41. The number of aliphatic hydroxyl groups excluding tert-OH is 1. The van der Waals surface area contributed by atoms with Crippen molar-refractivity contribution in [3.8, 4) is 0 Å². The Hall–Kier alpha value is -2.38. The van der Waals surface area contributed by atoms with Crippen LogP contribution >= 0.6 is 11.6 Å². The fourth-order valence-corrected chi connectivity index (χ4v) is 1.80. The minimum Gasteiger partial charge on any atom is -0.467 e. The second kappa shape index (κ2) is 7.06. The molecule has 2 amide bonds. The molecule has 0 radical (unpaired) electrons. The van der Waals surface area contributed by atoms with Crippen LogP contribution in [-0.4, -0.2) is 23.5 Å². The fraction of sp³-hybridized carbons (Fsp3) is 0.143. The molecule has 1 atom stereocenters. The van der Waals surface area contributed by atoms with Crippen LogP contribution in [0.25, 0.3) is 0 Å². The lowest BCUT2D eigenvalue weighted by Gasteiger charge is -2.13. The van der Waals surface area contributed by atoms with Crippen molar-refractivity contribution in [2.75, 3.05) is 11.9 Å². The number of anilines is 1. The SMILES string of the molecule is O=C(Nc1ccc(Cl)c(F)c1)C(=O)NC(CO)c1ccco1. The minimum absolute atomic E-state index is 0.0839. The van der Waals surface area contributed by atoms with Crippen molar-refractivity contribution in [1.82, 2.24) is 5.32 Å². The predicted octanol–water partition coefficient (Wildman–Crippen LogP) is 1.86. The quantitative estimate of drug-likeness (QED) is 0.748. The molecule has 0 fully saturated rings. The summed E-state index contributed by atoms with van der Waals surface area (Å²) in [4.78, 5) is 23.5. The molecule has 0 aliphatic carbocycles. The van der Waals surface area contributed by atoms with Gasteiger partial charge in [-0.3, -0.25) is 9.59 Å². The molecule has 22 heavy (non-hydrogen) atoms. The summed E-state index contributed by atoms with van der Waals surface area (Å²) in [5, 5.41) is 13.6. The number of nitrogens with one attached hydrogen (secondary N) is 2. The second-order valence-corrected chi connectivity index (χ2v) is 4.71. The van der Waals surface area contributed by atoms with Gasteiger partial charge in [-0.25, -0.2) is 4.39 Å². The maximum absolute atomic E-state index is 13.3. The molecular formula is C14H12ClFN2O4. The smallest absolute Gasteiger partial charge is 0.313 e. The van der Waals surface area contributed by atoms with E-state index in [-0.39, 0.29) is 10.7 Å². The van der Waals surface area contributed by atoms with Crippen molar-refractivity contribution in [3.63, 3.8) is 0 Å². The van der Waals surface area contributed by atoms with Gasteiger partial charge in [0.15, 0.2) is 0 Å². The van der Waals surface area contributed by atoms with Crippen molar-refractivity contribution >= 4 is 29.1 Å². The van der Waals surface area contributed by atoms with Crippen LogP contribution in [-0.2, 0) is 9.59 Å². The van der Waals surface area contributed by atoms with Crippen molar-refractivity contribution < 1.29 is 23.5 Å². The Bertz CT molecular complexity index is 675. The van der Waals surface area contributed by atoms with Crippen LogP contribution in [0.3, 0.4) is 0 Å². The Morgan fingerprint density at radius 2 is 2.09 bits per heavy atom. The van der Waals surface area contributed by atoms with Crippen molar-refractivity contribution in [2.45, 2.75) is 6.04 Å². The van der Waals surface area contributed by atoms with Gasteiger partial charge in [-0.1, -0.05) is 11.6 Å². The number of halogens is 2. The molecule has 1 unspecified atom stereocenters. The first-order valence-corrected chi connectivity index (χ1v) is 6.60. The van der Waals surface area contributed by atoms with Gasteiger partial charge in [0.2, 0.25) is 0 Å². The maximum Gasteiger partial charge on any atom is 0.313 e. The number of carbonyl (C=O) groups excluding carboxylic acids is 2. The van der Waals surface area contributed by atoms with Crippen LogP contribution in [0.2, 0.25) is 5.02 Å². The first kappa shape index (κ1) is 16.0. The predicted molar refractivity (Wildman–Crippen MR) is 76.7 cm³/mol. The lowest BCUT2D eigenvalue weighted by atomic mass is 10.2. The maximum atomic E-state index is 13.3. The van der Waals surface area contributed by atoms with Crippen LogP contribution in [0.1, 0.15) is 11.8 Å². The third-order valence-electron chi connectivity index (χ3n) is 2.76. The highest BCUT2D eigenvalue weighted by Crippen LogP contribution is 2.18. The average Bonchev–Trinajstić information content (AvgIpc) is 3.02. The zero-order chi connectivity index (χ0) is 16.1. The first-order chi connectivity index (χ1) is 10.5. The van der Waals surface area contributed by atoms with Gasteiger partial charge >= 0.3 is 11.8 Å². The summed E-state index contributed by atoms with van der Waals surface area (Å²) in [5.41, 5.74) is 0.0839. The van der Waals surface area contributed by atoms with Crippen molar-refractivity contribution in [2.24, 2.45) is 0 Å². The largest absolute Gasteiger partial charge is 0.467 e.